The van der Waals surface area contributed by atoms with Crippen LogP contribution >= 0.6 is 0 Å². The maximum Gasteiger partial charge on any atom is 0.290 e. The van der Waals surface area contributed by atoms with Crippen LogP contribution in [0.1, 0.15) is 62.0 Å². The number of halogens is 1. The van der Waals surface area contributed by atoms with Gasteiger partial charge in [-0.2, -0.15) is 0 Å². The summed E-state index contributed by atoms with van der Waals surface area (Å²) in [6.45, 7) is 4.56. The molecule has 0 bridgehead atoms. The summed E-state index contributed by atoms with van der Waals surface area (Å²) in [5.74, 6) is 0.0370. The number of fused-ring (bicyclic) bond motifs is 1. The summed E-state index contributed by atoms with van der Waals surface area (Å²) in [6, 6.07) is 15.7. The predicted octanol–water partition coefficient (Wildman–Crippen LogP) is 5.90. The Balaban J connectivity index is 1.91. The number of carbonyl (C=O) groups is 1. The van der Waals surface area contributed by atoms with Gasteiger partial charge in [0.2, 0.25) is 0 Å². The topological polar surface area (TPSA) is 68.3 Å². The van der Waals surface area contributed by atoms with E-state index in [1.807, 2.05) is 13.0 Å². The zero-order valence-electron chi connectivity index (χ0n) is 19.4. The average molecular weight is 462 g/mol. The molecule has 2 heterocycles. The van der Waals surface area contributed by atoms with Crippen molar-refractivity contribution in [2.45, 2.75) is 45.6 Å². The molecule has 6 nitrogen and oxygen atoms in total. The number of aromatic nitrogens is 2. The van der Waals surface area contributed by atoms with E-state index < -0.39 is 11.9 Å². The van der Waals surface area contributed by atoms with E-state index in [0.717, 1.165) is 19.3 Å². The van der Waals surface area contributed by atoms with Gasteiger partial charge in [0.25, 0.3) is 11.5 Å². The number of hydrogen-bond acceptors (Lipinski definition) is 4. The number of amides is 1. The fraction of sp³-hybridized carbons (Fsp3) is 0.296. The van der Waals surface area contributed by atoms with Gasteiger partial charge >= 0.3 is 0 Å². The Morgan fingerprint density at radius 3 is 2.50 bits per heavy atom. The van der Waals surface area contributed by atoms with E-state index in [2.05, 4.69) is 6.92 Å². The van der Waals surface area contributed by atoms with Crippen LogP contribution in [0.4, 0.5) is 4.39 Å². The van der Waals surface area contributed by atoms with Crippen molar-refractivity contribution in [3.05, 3.63) is 94.7 Å². The molecule has 1 unspecified atom stereocenters. The smallest absolute Gasteiger partial charge is 0.290 e. The fourth-order valence-corrected chi connectivity index (χ4v) is 4.23. The Labute approximate surface area is 197 Å². The molecule has 176 valence electrons. The lowest BCUT2D eigenvalue weighted by Gasteiger charge is -2.32. The van der Waals surface area contributed by atoms with E-state index in [9.17, 15) is 14.0 Å². The molecular weight excluding hydrogens is 433 g/mol. The zero-order valence-corrected chi connectivity index (χ0v) is 19.4. The van der Waals surface area contributed by atoms with Gasteiger partial charge < -0.3 is 9.32 Å². The minimum Gasteiger partial charge on any atom is -0.459 e. The molecule has 0 aliphatic carbocycles. The Bertz CT molecular complexity index is 1310. The van der Waals surface area contributed by atoms with Crippen molar-refractivity contribution >= 4 is 16.8 Å². The Kier molecular flexibility index (Phi) is 7.21. The molecule has 7 heteroatoms. The standard InChI is InChI=1S/C27H28FN3O3/c1-3-5-8-17-30(27(33)24-12-9-18-34-24)23(4-2)25-29-22-11-7-6-10-21(22)26(32)31(25)20-15-13-19(28)14-16-20/h6-7,9-16,18,23H,3-5,8,17H2,1-2H3. The second-order valence-corrected chi connectivity index (χ2v) is 8.21. The van der Waals surface area contributed by atoms with E-state index in [4.69, 9.17) is 9.40 Å². The molecule has 0 aliphatic rings. The summed E-state index contributed by atoms with van der Waals surface area (Å²) in [4.78, 5) is 33.7. The van der Waals surface area contributed by atoms with E-state index >= 15 is 0 Å². The molecule has 4 aromatic rings. The van der Waals surface area contributed by atoms with Gasteiger partial charge in [0, 0.05) is 6.54 Å². The molecule has 0 spiro atoms. The molecule has 0 radical (unpaired) electrons. The molecule has 0 fully saturated rings. The van der Waals surface area contributed by atoms with Gasteiger partial charge in [-0.1, -0.05) is 38.8 Å². The average Bonchev–Trinajstić information content (AvgIpc) is 3.39. The molecule has 1 atom stereocenters. The number of rotatable bonds is 9. The van der Waals surface area contributed by atoms with Crippen LogP contribution in [-0.2, 0) is 0 Å². The first-order valence-electron chi connectivity index (χ1n) is 11.7. The highest BCUT2D eigenvalue weighted by molar-refractivity contribution is 5.91. The minimum absolute atomic E-state index is 0.242. The van der Waals surface area contributed by atoms with Gasteiger partial charge in [-0.15, -0.1) is 0 Å². The maximum atomic E-state index is 13.7. The summed E-state index contributed by atoms with van der Waals surface area (Å²) in [7, 11) is 0. The largest absolute Gasteiger partial charge is 0.459 e. The second kappa shape index (κ2) is 10.5. The highest BCUT2D eigenvalue weighted by atomic mass is 19.1. The lowest BCUT2D eigenvalue weighted by molar-refractivity contribution is 0.0622. The summed E-state index contributed by atoms with van der Waals surface area (Å²) >= 11 is 0. The van der Waals surface area contributed by atoms with Gasteiger partial charge in [0.1, 0.15) is 11.6 Å². The third kappa shape index (κ3) is 4.64. The van der Waals surface area contributed by atoms with Crippen LogP contribution in [0.15, 0.2) is 76.1 Å². The normalized spacial score (nSPS) is 12.1. The molecule has 0 saturated carbocycles. The first-order chi connectivity index (χ1) is 16.5. The first-order valence-corrected chi connectivity index (χ1v) is 11.7. The number of carbonyl (C=O) groups excluding carboxylic acids is 1. The molecule has 1 amide bonds. The summed E-state index contributed by atoms with van der Waals surface area (Å²) in [6.07, 6.45) is 4.79. The summed E-state index contributed by atoms with van der Waals surface area (Å²) in [5.41, 5.74) is 0.792. The number of hydrogen-bond donors (Lipinski definition) is 0. The molecule has 0 aliphatic heterocycles. The highest BCUT2D eigenvalue weighted by Crippen LogP contribution is 2.28. The monoisotopic (exact) mass is 461 g/mol. The molecule has 34 heavy (non-hydrogen) atoms. The van der Waals surface area contributed by atoms with Crippen molar-refractivity contribution in [1.82, 2.24) is 14.5 Å². The van der Waals surface area contributed by atoms with Crippen molar-refractivity contribution < 1.29 is 13.6 Å². The molecule has 2 aromatic carbocycles. The number of benzene rings is 2. The summed E-state index contributed by atoms with van der Waals surface area (Å²) < 4.78 is 20.6. The van der Waals surface area contributed by atoms with Crippen LogP contribution in [0.25, 0.3) is 16.6 Å². The molecule has 2 aromatic heterocycles. The fourth-order valence-electron chi connectivity index (χ4n) is 4.23. The van der Waals surface area contributed by atoms with Crippen molar-refractivity contribution in [1.29, 1.82) is 0 Å². The summed E-state index contributed by atoms with van der Waals surface area (Å²) in [5, 5.41) is 0.459. The van der Waals surface area contributed by atoms with Gasteiger partial charge in [-0.25, -0.2) is 9.37 Å². The Morgan fingerprint density at radius 1 is 1.06 bits per heavy atom. The first kappa shape index (κ1) is 23.4. The minimum atomic E-state index is -0.489. The Hall–Kier alpha value is -3.74. The van der Waals surface area contributed by atoms with Crippen LogP contribution < -0.4 is 5.56 Å². The van der Waals surface area contributed by atoms with Crippen molar-refractivity contribution in [2.75, 3.05) is 6.54 Å². The third-order valence-electron chi connectivity index (χ3n) is 5.94. The maximum absolute atomic E-state index is 13.7. The van der Waals surface area contributed by atoms with E-state index in [1.54, 1.807) is 47.4 Å². The predicted molar refractivity (Wildman–Crippen MR) is 130 cm³/mol. The zero-order chi connectivity index (χ0) is 24.1. The van der Waals surface area contributed by atoms with Crippen LogP contribution in [0.2, 0.25) is 0 Å². The molecule has 0 N–H and O–H groups in total. The van der Waals surface area contributed by atoms with E-state index in [0.29, 0.717) is 35.4 Å². The van der Waals surface area contributed by atoms with E-state index in [1.165, 1.54) is 23.0 Å². The van der Waals surface area contributed by atoms with Gasteiger partial charge in [-0.3, -0.25) is 14.2 Å². The van der Waals surface area contributed by atoms with Crippen LogP contribution in [0.5, 0.6) is 0 Å². The van der Waals surface area contributed by atoms with E-state index in [-0.39, 0.29) is 17.2 Å². The molecular formula is C27H28FN3O3. The van der Waals surface area contributed by atoms with Crippen molar-refractivity contribution in [2.24, 2.45) is 0 Å². The third-order valence-corrected chi connectivity index (χ3v) is 5.94. The highest BCUT2D eigenvalue weighted by Gasteiger charge is 2.30. The lowest BCUT2D eigenvalue weighted by Crippen LogP contribution is -2.39. The molecule has 0 saturated heterocycles. The number of para-hydroxylation sites is 1. The van der Waals surface area contributed by atoms with Gasteiger partial charge in [0.15, 0.2) is 5.76 Å². The lowest BCUT2D eigenvalue weighted by atomic mass is 10.1. The van der Waals surface area contributed by atoms with Crippen molar-refractivity contribution in [3.8, 4) is 5.69 Å². The SMILES string of the molecule is CCCCCN(C(=O)c1ccco1)C(CC)c1nc2ccccc2c(=O)n1-c1ccc(F)cc1. The number of unbranched alkanes of at least 4 members (excludes halogenated alkanes) is 2. The second-order valence-electron chi connectivity index (χ2n) is 8.21. The number of furan rings is 1. The van der Waals surface area contributed by atoms with Gasteiger partial charge in [-0.05, 0) is 61.4 Å². The van der Waals surface area contributed by atoms with Crippen LogP contribution in [0.3, 0.4) is 0 Å². The van der Waals surface area contributed by atoms with Crippen LogP contribution in [-0.4, -0.2) is 26.9 Å². The Morgan fingerprint density at radius 2 is 1.82 bits per heavy atom. The van der Waals surface area contributed by atoms with Crippen molar-refractivity contribution in [3.63, 3.8) is 0 Å². The number of nitrogens with zero attached hydrogens (tertiary/aromatic N) is 3. The van der Waals surface area contributed by atoms with Gasteiger partial charge in [0.05, 0.1) is 28.9 Å². The molecule has 4 rings (SSSR count). The quantitative estimate of drug-likeness (QED) is 0.291. The van der Waals surface area contributed by atoms with Crippen LogP contribution in [0, 0.1) is 5.82 Å².